The van der Waals surface area contributed by atoms with Crippen molar-refractivity contribution in [2.24, 2.45) is 0 Å². The van der Waals surface area contributed by atoms with E-state index >= 15 is 0 Å². The van der Waals surface area contributed by atoms with Gasteiger partial charge in [-0.05, 0) is 35.6 Å². The van der Waals surface area contributed by atoms with Crippen LogP contribution in [-0.4, -0.2) is 0 Å². The van der Waals surface area contributed by atoms with Gasteiger partial charge in [-0.2, -0.15) is 0 Å². The van der Waals surface area contributed by atoms with Gasteiger partial charge in [0, 0.05) is 11.0 Å². The van der Waals surface area contributed by atoms with Crippen molar-refractivity contribution >= 4 is 11.6 Å². The van der Waals surface area contributed by atoms with Gasteiger partial charge in [0.2, 0.25) is 0 Å². The molecule has 0 radical (unpaired) electrons. The summed E-state index contributed by atoms with van der Waals surface area (Å²) in [4.78, 5) is 0. The Kier molecular flexibility index (Phi) is 4.44. The zero-order valence-electron chi connectivity index (χ0n) is 11.5. The van der Waals surface area contributed by atoms with Crippen LogP contribution in [-0.2, 0) is 0 Å². The molecule has 0 bridgehead atoms. The van der Waals surface area contributed by atoms with Crippen LogP contribution in [0, 0.1) is 0 Å². The molecule has 1 heteroatoms. The van der Waals surface area contributed by atoms with E-state index in [0.29, 0.717) is 11.0 Å². The molecule has 0 unspecified atom stereocenters. The Labute approximate surface area is 120 Å². The number of rotatable bonds is 1. The molecule has 0 atom stereocenters. The number of hydrogen-bond donors (Lipinski definition) is 0. The lowest BCUT2D eigenvalue weighted by Crippen LogP contribution is -1.93. The summed E-state index contributed by atoms with van der Waals surface area (Å²) in [6.45, 7) is 7.33. The molecule has 3 rings (SSSR count). The molecule has 0 nitrogen and oxygen atoms in total. The Morgan fingerprint density at radius 1 is 1.00 bits per heavy atom. The van der Waals surface area contributed by atoms with E-state index in [-0.39, 0.29) is 0 Å². The van der Waals surface area contributed by atoms with E-state index in [1.807, 2.05) is 0 Å². The van der Waals surface area contributed by atoms with Gasteiger partial charge in [-0.25, -0.2) is 0 Å². The molecular weight excluding hydrogens is 252 g/mol. The first kappa shape index (κ1) is 13.9. The normalized spacial score (nSPS) is 12.2. The third-order valence-electron chi connectivity index (χ3n) is 3.37. The van der Waals surface area contributed by atoms with Gasteiger partial charge in [-0.15, -0.1) is 0 Å². The summed E-state index contributed by atoms with van der Waals surface area (Å²) in [6, 6.07) is 17.6. The number of hydrogen-bond acceptors (Lipinski definition) is 0. The van der Waals surface area contributed by atoms with E-state index < -0.39 is 0 Å². The molecule has 0 spiro atoms. The molecule has 2 aromatic carbocycles. The maximum Gasteiger partial charge on any atom is 0.00990 e. The Morgan fingerprint density at radius 3 is 1.74 bits per heavy atom. The summed E-state index contributed by atoms with van der Waals surface area (Å²) >= 11 is 5.08. The van der Waals surface area contributed by atoms with Crippen molar-refractivity contribution in [3.8, 4) is 11.1 Å². The van der Waals surface area contributed by atoms with E-state index in [0.717, 1.165) is 0 Å². The first-order valence-corrected chi connectivity index (χ1v) is 7.02. The molecule has 0 amide bonds. The molecule has 1 aliphatic rings. The van der Waals surface area contributed by atoms with Crippen LogP contribution in [0.1, 0.15) is 37.3 Å². The quantitative estimate of drug-likeness (QED) is 0.599. The topological polar surface area (TPSA) is 0 Å². The van der Waals surface area contributed by atoms with Gasteiger partial charge in [0.15, 0.2) is 0 Å². The molecule has 0 saturated heterocycles. The van der Waals surface area contributed by atoms with Crippen molar-refractivity contribution in [2.45, 2.75) is 26.2 Å². The SMILES string of the molecule is C=C(C)Cl.CCC1c2ccccc2-c2ccccc21. The van der Waals surface area contributed by atoms with Crippen LogP contribution in [0.15, 0.2) is 60.1 Å². The van der Waals surface area contributed by atoms with Crippen molar-refractivity contribution in [1.82, 2.24) is 0 Å². The van der Waals surface area contributed by atoms with E-state index in [2.05, 4.69) is 62.0 Å². The lowest BCUT2D eigenvalue weighted by Gasteiger charge is -2.09. The Bertz CT molecular complexity index is 534. The first-order chi connectivity index (χ1) is 9.15. The van der Waals surface area contributed by atoms with E-state index in [1.165, 1.54) is 28.7 Å². The summed E-state index contributed by atoms with van der Waals surface area (Å²) in [5.74, 6) is 0.609. The minimum Gasteiger partial charge on any atom is -0.0901 e. The molecule has 1 aliphatic carbocycles. The molecule has 0 N–H and O–H groups in total. The highest BCUT2D eigenvalue weighted by atomic mass is 35.5. The molecular formula is C18H19Cl. The minimum atomic E-state index is 0.609. The van der Waals surface area contributed by atoms with Crippen molar-refractivity contribution in [1.29, 1.82) is 0 Å². The standard InChI is InChI=1S/C15H14.C3H5Cl/c1-2-11-12-7-3-5-9-14(12)15-10-6-4-8-13(11)15;1-3(2)4/h3-11H,2H2,1H3;1H2,2H3. The summed E-state index contributed by atoms with van der Waals surface area (Å²) in [7, 11) is 0. The summed E-state index contributed by atoms with van der Waals surface area (Å²) in [6.07, 6.45) is 1.19. The Balaban J connectivity index is 0.000000297. The largest absolute Gasteiger partial charge is 0.0901 e. The van der Waals surface area contributed by atoms with Gasteiger partial charge in [0.1, 0.15) is 0 Å². The van der Waals surface area contributed by atoms with Gasteiger partial charge >= 0.3 is 0 Å². The predicted octanol–water partition coefficient (Wildman–Crippen LogP) is 5.97. The first-order valence-electron chi connectivity index (χ1n) is 6.64. The summed E-state index contributed by atoms with van der Waals surface area (Å²) < 4.78 is 0. The van der Waals surface area contributed by atoms with Crippen molar-refractivity contribution < 1.29 is 0 Å². The third-order valence-corrected chi connectivity index (χ3v) is 3.37. The minimum absolute atomic E-state index is 0.609. The van der Waals surface area contributed by atoms with E-state index in [4.69, 9.17) is 11.6 Å². The lowest BCUT2D eigenvalue weighted by atomic mass is 9.95. The molecule has 0 aromatic heterocycles. The monoisotopic (exact) mass is 270 g/mol. The Morgan fingerprint density at radius 2 is 1.37 bits per heavy atom. The number of benzene rings is 2. The predicted molar refractivity (Wildman–Crippen MR) is 84.7 cm³/mol. The van der Waals surface area contributed by atoms with Crippen LogP contribution < -0.4 is 0 Å². The number of fused-ring (bicyclic) bond motifs is 3. The van der Waals surface area contributed by atoms with Crippen molar-refractivity contribution in [3.05, 3.63) is 71.3 Å². The lowest BCUT2D eigenvalue weighted by molar-refractivity contribution is 0.797. The average molecular weight is 271 g/mol. The van der Waals surface area contributed by atoms with Gasteiger partial charge < -0.3 is 0 Å². The summed E-state index contributed by atoms with van der Waals surface area (Å²) in [5, 5.41) is 0.639. The second kappa shape index (κ2) is 6.08. The van der Waals surface area contributed by atoms with E-state index in [9.17, 15) is 0 Å². The molecule has 0 aliphatic heterocycles. The zero-order valence-corrected chi connectivity index (χ0v) is 12.2. The Hall–Kier alpha value is -1.53. The molecule has 2 aromatic rings. The maximum absolute atomic E-state index is 5.08. The fourth-order valence-corrected chi connectivity index (χ4v) is 2.70. The summed E-state index contributed by atoms with van der Waals surface area (Å²) in [5.41, 5.74) is 5.86. The van der Waals surface area contributed by atoms with Gasteiger partial charge in [-0.1, -0.05) is 73.6 Å². The number of allylic oxidation sites excluding steroid dienone is 1. The molecule has 0 heterocycles. The van der Waals surface area contributed by atoms with Gasteiger partial charge in [-0.3, -0.25) is 0 Å². The second-order valence-electron chi connectivity index (χ2n) is 4.81. The van der Waals surface area contributed by atoms with Crippen LogP contribution in [0.2, 0.25) is 0 Å². The van der Waals surface area contributed by atoms with Crippen LogP contribution >= 0.6 is 11.6 Å². The fraction of sp³-hybridized carbons (Fsp3) is 0.222. The van der Waals surface area contributed by atoms with Crippen LogP contribution in [0.3, 0.4) is 0 Å². The fourth-order valence-electron chi connectivity index (χ4n) is 2.70. The van der Waals surface area contributed by atoms with Crippen LogP contribution in [0.4, 0.5) is 0 Å². The number of halogens is 1. The highest BCUT2D eigenvalue weighted by molar-refractivity contribution is 6.28. The van der Waals surface area contributed by atoms with Gasteiger partial charge in [0.05, 0.1) is 0 Å². The average Bonchev–Trinajstić information content (AvgIpc) is 2.72. The second-order valence-corrected chi connectivity index (χ2v) is 5.46. The smallest absolute Gasteiger partial charge is 0.00990 e. The van der Waals surface area contributed by atoms with Gasteiger partial charge in [0.25, 0.3) is 0 Å². The highest BCUT2D eigenvalue weighted by Gasteiger charge is 2.25. The van der Waals surface area contributed by atoms with Crippen molar-refractivity contribution in [3.63, 3.8) is 0 Å². The van der Waals surface area contributed by atoms with Crippen LogP contribution in [0.25, 0.3) is 11.1 Å². The molecule has 98 valence electrons. The van der Waals surface area contributed by atoms with E-state index in [1.54, 1.807) is 6.92 Å². The zero-order chi connectivity index (χ0) is 13.8. The molecule has 0 fully saturated rings. The highest BCUT2D eigenvalue weighted by Crippen LogP contribution is 2.45. The third kappa shape index (κ3) is 2.90. The van der Waals surface area contributed by atoms with Crippen molar-refractivity contribution in [2.75, 3.05) is 0 Å². The van der Waals surface area contributed by atoms with Crippen LogP contribution in [0.5, 0.6) is 0 Å². The maximum atomic E-state index is 5.08. The molecule has 0 saturated carbocycles. The molecule has 19 heavy (non-hydrogen) atoms.